The highest BCUT2D eigenvalue weighted by atomic mass is 16.5. The molecule has 16 nitrogen and oxygen atoms in total. The van der Waals surface area contributed by atoms with Crippen LogP contribution in [-0.2, 0) is 75.6 Å². The summed E-state index contributed by atoms with van der Waals surface area (Å²) in [7, 11) is 0. The van der Waals surface area contributed by atoms with E-state index in [1.807, 2.05) is 35.5 Å². The van der Waals surface area contributed by atoms with E-state index in [1.165, 1.54) is 24.0 Å². The van der Waals surface area contributed by atoms with Crippen LogP contribution in [0.5, 0.6) is 0 Å². The number of aromatic nitrogens is 6. The summed E-state index contributed by atoms with van der Waals surface area (Å²) in [4.78, 5) is 43.4. The molecule has 0 bridgehead atoms. The van der Waals surface area contributed by atoms with Gasteiger partial charge in [0.05, 0.1) is 37.9 Å². The monoisotopic (exact) mass is 707 g/mol. The van der Waals surface area contributed by atoms with E-state index < -0.39 is 11.9 Å². The maximum absolute atomic E-state index is 11.3. The SMILES string of the molecule is C.CCOC(=O)Cc1cc2n(n1)CCC2.CCOC(=O)Cc1cnn2c1CCC2.O=C(O)C1=C2CCC=[N+]2N=C1.O=C(O)c1cc2n(n1)CCC2. The maximum atomic E-state index is 11.3. The van der Waals surface area contributed by atoms with E-state index >= 15 is 0 Å². The number of carboxylic acids is 2. The van der Waals surface area contributed by atoms with Crippen LogP contribution in [0.4, 0.5) is 0 Å². The molecule has 0 atom stereocenters. The molecule has 0 aliphatic carbocycles. The number of aliphatic carboxylic acids is 1. The van der Waals surface area contributed by atoms with Crippen molar-refractivity contribution in [3.63, 3.8) is 0 Å². The summed E-state index contributed by atoms with van der Waals surface area (Å²) in [5, 5.41) is 33.6. The molecule has 0 amide bonds. The van der Waals surface area contributed by atoms with E-state index in [4.69, 9.17) is 19.7 Å². The minimum Gasteiger partial charge on any atom is -0.477 e. The van der Waals surface area contributed by atoms with Crippen molar-refractivity contribution in [3.05, 3.63) is 63.6 Å². The fourth-order valence-corrected chi connectivity index (χ4v) is 6.27. The van der Waals surface area contributed by atoms with Crippen molar-refractivity contribution >= 4 is 36.3 Å². The van der Waals surface area contributed by atoms with Crippen molar-refractivity contribution in [2.75, 3.05) is 13.2 Å². The normalized spacial score (nSPS) is 15.4. The molecule has 51 heavy (non-hydrogen) atoms. The Kier molecular flexibility index (Phi) is 13.6. The third-order valence-electron chi connectivity index (χ3n) is 8.50. The predicted octanol–water partition coefficient (Wildman–Crippen LogP) is 3.24. The average molecular weight is 708 g/mol. The second-order valence-electron chi connectivity index (χ2n) is 12.0. The first-order valence-electron chi connectivity index (χ1n) is 17.0. The van der Waals surface area contributed by atoms with E-state index in [-0.39, 0.29) is 25.1 Å². The van der Waals surface area contributed by atoms with Crippen molar-refractivity contribution in [1.82, 2.24) is 29.3 Å². The molecule has 2 N–H and O–H groups in total. The molecule has 5 aliphatic rings. The van der Waals surface area contributed by atoms with Crippen LogP contribution in [0.1, 0.15) is 92.2 Å². The van der Waals surface area contributed by atoms with Crippen molar-refractivity contribution < 1.29 is 43.5 Å². The van der Waals surface area contributed by atoms with Gasteiger partial charge in [0.25, 0.3) is 0 Å². The highest BCUT2D eigenvalue weighted by Gasteiger charge is 2.32. The van der Waals surface area contributed by atoms with Gasteiger partial charge in [-0.2, -0.15) is 15.3 Å². The maximum Gasteiger partial charge on any atom is 0.356 e. The number of aryl methyl sites for hydroxylation is 5. The Labute approximate surface area is 296 Å². The lowest BCUT2D eigenvalue weighted by molar-refractivity contribution is -0.468. The molecule has 3 aromatic rings. The van der Waals surface area contributed by atoms with Crippen molar-refractivity contribution in [3.8, 4) is 0 Å². The van der Waals surface area contributed by atoms with E-state index in [0.717, 1.165) is 87.2 Å². The van der Waals surface area contributed by atoms with Gasteiger partial charge in [0.1, 0.15) is 6.21 Å². The fourth-order valence-electron chi connectivity index (χ4n) is 6.27. The molecule has 3 aromatic heterocycles. The number of hydrazone groups is 1. The molecule has 0 aromatic carbocycles. The number of carbonyl (C=O) groups is 4. The van der Waals surface area contributed by atoms with Crippen LogP contribution in [0, 0.1) is 0 Å². The van der Waals surface area contributed by atoms with Crippen LogP contribution >= 0.6 is 0 Å². The number of nitrogens with zero attached hydrogens (tertiary/aromatic N) is 8. The van der Waals surface area contributed by atoms with Gasteiger partial charge in [0, 0.05) is 55.1 Å². The number of rotatable bonds is 8. The van der Waals surface area contributed by atoms with Crippen LogP contribution in [0.25, 0.3) is 0 Å². The Morgan fingerprint density at radius 2 is 1.43 bits per heavy atom. The van der Waals surface area contributed by atoms with E-state index in [9.17, 15) is 19.2 Å². The second kappa shape index (κ2) is 18.0. The Morgan fingerprint density at radius 1 is 0.804 bits per heavy atom. The van der Waals surface area contributed by atoms with Crippen molar-refractivity contribution in [2.45, 2.75) is 105 Å². The lowest BCUT2D eigenvalue weighted by Gasteiger charge is -2.00. The number of carbonyl (C=O) groups excluding carboxylic acids is 2. The first-order valence-corrected chi connectivity index (χ1v) is 17.0. The summed E-state index contributed by atoms with van der Waals surface area (Å²) < 4.78 is 17.1. The second-order valence-corrected chi connectivity index (χ2v) is 12.0. The zero-order chi connectivity index (χ0) is 35.6. The molecule has 0 radical (unpaired) electrons. The minimum atomic E-state index is -0.938. The van der Waals surface area contributed by atoms with Gasteiger partial charge in [-0.3, -0.25) is 23.6 Å². The van der Waals surface area contributed by atoms with Gasteiger partial charge in [-0.1, -0.05) is 12.1 Å². The van der Waals surface area contributed by atoms with E-state index in [2.05, 4.69) is 20.4 Å². The first kappa shape index (κ1) is 38.4. The molecule has 0 saturated heterocycles. The number of ether oxygens (including phenoxy) is 2. The first-order chi connectivity index (χ1) is 24.2. The smallest absolute Gasteiger partial charge is 0.356 e. The van der Waals surface area contributed by atoms with Gasteiger partial charge >= 0.3 is 23.9 Å². The molecule has 8 heterocycles. The van der Waals surface area contributed by atoms with Crippen LogP contribution in [-0.4, -0.2) is 93.8 Å². The summed E-state index contributed by atoms with van der Waals surface area (Å²) in [6.07, 6.45) is 13.9. The highest BCUT2D eigenvalue weighted by Crippen LogP contribution is 2.21. The van der Waals surface area contributed by atoms with Gasteiger partial charge in [0.15, 0.2) is 17.5 Å². The van der Waals surface area contributed by atoms with Gasteiger partial charge in [-0.05, 0) is 69.6 Å². The Hall–Kier alpha value is -5.41. The number of allylic oxidation sites excluding steroid dienone is 1. The minimum absolute atomic E-state index is 0. The number of carboxylic acid groups (broad SMARTS) is 2. The quantitative estimate of drug-likeness (QED) is 0.258. The zero-order valence-corrected chi connectivity index (χ0v) is 28.4. The Bertz CT molecular complexity index is 1790. The van der Waals surface area contributed by atoms with E-state index in [0.29, 0.717) is 31.6 Å². The number of esters is 2. The number of hydrogen-bond donors (Lipinski definition) is 2. The van der Waals surface area contributed by atoms with Gasteiger partial charge in [-0.15, -0.1) is 0 Å². The summed E-state index contributed by atoms with van der Waals surface area (Å²) in [5.74, 6) is -2.17. The van der Waals surface area contributed by atoms with Crippen molar-refractivity contribution in [2.24, 2.45) is 5.10 Å². The van der Waals surface area contributed by atoms with Gasteiger partial charge in [-0.25, -0.2) is 9.59 Å². The van der Waals surface area contributed by atoms with Crippen LogP contribution in [0.3, 0.4) is 0 Å². The summed E-state index contributed by atoms with van der Waals surface area (Å²) in [6.45, 7) is 7.35. The molecule has 0 saturated carbocycles. The molecule has 16 heteroatoms. The summed E-state index contributed by atoms with van der Waals surface area (Å²) in [6, 6.07) is 3.65. The Balaban J connectivity index is 0.000000152. The number of hydrogen-bond acceptors (Lipinski definition) is 10. The molecule has 0 spiro atoms. The fraction of sp³-hybridized carbons (Fsp3) is 0.514. The molecule has 0 fully saturated rings. The lowest BCUT2D eigenvalue weighted by atomic mass is 10.1. The predicted molar refractivity (Wildman–Crippen MR) is 185 cm³/mol. The standard InChI is InChI=1S/2C10H14N2O2.C7H6N2O2.C7H8N2O2.CH4/c1-2-14-10(13)6-8-7-11-12-5-3-4-9(8)12;1-2-14-10(13)7-8-6-9-4-3-5-12(9)11-8;10-7(11)5-4-8-9-3-1-2-6(5)9;10-7(11)6-4-5-2-1-3-9(5)8-6;/h7H,2-6H2,1H3;6H,2-5,7H2,1H3;3-4H,1-2H2;4H,1-3H2,(H,10,11);1H4/p+1. The third kappa shape index (κ3) is 9.86. The highest BCUT2D eigenvalue weighted by molar-refractivity contribution is 6.09. The molecule has 8 rings (SSSR count). The molecular formula is C35H47N8O8+. The molecule has 0 unspecified atom stereocenters. The average Bonchev–Trinajstić information content (AvgIpc) is 3.90. The van der Waals surface area contributed by atoms with Crippen molar-refractivity contribution in [1.29, 1.82) is 0 Å². The van der Waals surface area contributed by atoms with Crippen LogP contribution in [0.15, 0.2) is 34.7 Å². The van der Waals surface area contributed by atoms with Gasteiger partial charge in [0.2, 0.25) is 5.70 Å². The molecule has 5 aliphatic heterocycles. The largest absolute Gasteiger partial charge is 0.477 e. The molecule has 274 valence electrons. The summed E-state index contributed by atoms with van der Waals surface area (Å²) >= 11 is 0. The summed E-state index contributed by atoms with van der Waals surface area (Å²) in [5.41, 5.74) is 6.67. The third-order valence-corrected chi connectivity index (χ3v) is 8.50. The van der Waals surface area contributed by atoms with E-state index in [1.54, 1.807) is 21.6 Å². The number of fused-ring (bicyclic) bond motifs is 4. The van der Waals surface area contributed by atoms with Crippen LogP contribution < -0.4 is 0 Å². The Morgan fingerprint density at radius 3 is 2.06 bits per heavy atom. The van der Waals surface area contributed by atoms with Gasteiger partial charge < -0.3 is 19.7 Å². The molecular weight excluding hydrogens is 660 g/mol. The zero-order valence-electron chi connectivity index (χ0n) is 28.4. The number of aromatic carboxylic acids is 1. The lowest BCUT2D eigenvalue weighted by Crippen LogP contribution is -2.08. The topological polar surface area (TPSA) is 196 Å². The van der Waals surface area contributed by atoms with Crippen LogP contribution in [0.2, 0.25) is 0 Å².